The molecule has 0 radical (unpaired) electrons. The molecule has 96 valence electrons. The number of nitrogens with two attached hydrogens (primary N) is 1. The number of nitrogens with one attached hydrogen (secondary N) is 1. The fraction of sp³-hybridized carbons (Fsp3) is 0.800. The van der Waals surface area contributed by atoms with Crippen LogP contribution in [0.25, 0.3) is 0 Å². The Morgan fingerprint density at radius 2 is 2.29 bits per heavy atom. The summed E-state index contributed by atoms with van der Waals surface area (Å²) < 4.78 is 5.50. The van der Waals surface area contributed by atoms with Crippen LogP contribution in [0.4, 0.5) is 4.79 Å². The van der Waals surface area contributed by atoms with Gasteiger partial charge in [-0.25, -0.2) is 4.79 Å². The molecule has 0 spiro atoms. The normalized spacial score (nSPS) is 38.4. The lowest BCUT2D eigenvalue weighted by Crippen LogP contribution is -2.57. The Hall–Kier alpha value is -1.18. The Morgan fingerprint density at radius 3 is 2.88 bits per heavy atom. The number of ether oxygens (including phenoxy) is 1. The van der Waals surface area contributed by atoms with Gasteiger partial charge in [-0.05, 0) is 0 Å². The van der Waals surface area contributed by atoms with Crippen molar-refractivity contribution in [1.82, 2.24) is 10.2 Å². The van der Waals surface area contributed by atoms with E-state index in [1.54, 1.807) is 6.92 Å². The van der Waals surface area contributed by atoms with Gasteiger partial charge in [-0.1, -0.05) is 6.92 Å². The smallest absolute Gasteiger partial charge is 0.326 e. The Kier molecular flexibility index (Phi) is 3.32. The van der Waals surface area contributed by atoms with Crippen molar-refractivity contribution in [2.24, 2.45) is 11.7 Å². The van der Waals surface area contributed by atoms with E-state index >= 15 is 0 Å². The number of imide groups is 1. The molecule has 4 N–H and O–H groups in total. The van der Waals surface area contributed by atoms with Crippen molar-refractivity contribution >= 4 is 11.9 Å². The number of hydrogen-bond acceptors (Lipinski definition) is 5. The molecule has 0 saturated carbocycles. The molecule has 0 bridgehead atoms. The van der Waals surface area contributed by atoms with E-state index in [1.807, 2.05) is 0 Å². The minimum Gasteiger partial charge on any atom is -0.394 e. The van der Waals surface area contributed by atoms with Gasteiger partial charge in [0.1, 0.15) is 6.23 Å². The van der Waals surface area contributed by atoms with E-state index in [0.717, 1.165) is 0 Å². The first-order valence-corrected chi connectivity index (χ1v) is 5.66. The molecule has 2 saturated heterocycles. The number of aliphatic hydroxyl groups is 1. The molecule has 3 amide bonds. The van der Waals surface area contributed by atoms with Crippen LogP contribution in [0.3, 0.4) is 0 Å². The van der Waals surface area contributed by atoms with Crippen molar-refractivity contribution in [3.63, 3.8) is 0 Å². The van der Waals surface area contributed by atoms with Crippen LogP contribution in [0.5, 0.6) is 0 Å². The second-order valence-electron chi connectivity index (χ2n) is 4.56. The van der Waals surface area contributed by atoms with E-state index in [1.165, 1.54) is 4.90 Å². The molecular formula is C10H17N3O4. The summed E-state index contributed by atoms with van der Waals surface area (Å²) >= 11 is 0. The van der Waals surface area contributed by atoms with E-state index in [0.29, 0.717) is 13.0 Å². The van der Waals surface area contributed by atoms with Crippen molar-refractivity contribution < 1.29 is 19.4 Å². The largest absolute Gasteiger partial charge is 0.394 e. The van der Waals surface area contributed by atoms with Gasteiger partial charge in [-0.3, -0.25) is 15.0 Å². The molecule has 2 unspecified atom stereocenters. The number of amides is 3. The summed E-state index contributed by atoms with van der Waals surface area (Å²) in [5.41, 5.74) is 5.78. The zero-order valence-corrected chi connectivity index (χ0v) is 9.63. The average Bonchev–Trinajstić information content (AvgIpc) is 2.65. The number of carbonyl (C=O) groups excluding carboxylic acids is 2. The third-order valence-electron chi connectivity index (χ3n) is 3.22. The number of carbonyl (C=O) groups is 2. The Labute approximate surface area is 98.9 Å². The highest BCUT2D eigenvalue weighted by molar-refractivity contribution is 5.97. The summed E-state index contributed by atoms with van der Waals surface area (Å²) in [5, 5.41) is 11.3. The maximum absolute atomic E-state index is 11.6. The van der Waals surface area contributed by atoms with E-state index in [2.05, 4.69) is 5.32 Å². The lowest BCUT2D eigenvalue weighted by molar-refractivity contribution is -0.128. The molecule has 2 heterocycles. The van der Waals surface area contributed by atoms with Gasteiger partial charge in [-0.15, -0.1) is 0 Å². The second-order valence-corrected chi connectivity index (χ2v) is 4.56. The van der Waals surface area contributed by atoms with Gasteiger partial charge in [0.15, 0.2) is 0 Å². The number of aliphatic hydroxyl groups excluding tert-OH is 1. The third kappa shape index (κ3) is 2.26. The first-order valence-electron chi connectivity index (χ1n) is 5.66. The van der Waals surface area contributed by atoms with Crippen molar-refractivity contribution in [3.8, 4) is 0 Å². The van der Waals surface area contributed by atoms with Crippen molar-refractivity contribution in [1.29, 1.82) is 0 Å². The molecule has 0 aromatic heterocycles. The maximum Gasteiger partial charge on any atom is 0.326 e. The van der Waals surface area contributed by atoms with Crippen molar-refractivity contribution in [2.75, 3.05) is 13.2 Å². The summed E-state index contributed by atoms with van der Waals surface area (Å²) in [4.78, 5) is 24.4. The topological polar surface area (TPSA) is 105 Å². The van der Waals surface area contributed by atoms with Crippen molar-refractivity contribution in [3.05, 3.63) is 0 Å². The van der Waals surface area contributed by atoms with Crippen molar-refractivity contribution in [2.45, 2.75) is 31.7 Å². The average molecular weight is 243 g/mol. The summed E-state index contributed by atoms with van der Waals surface area (Å²) in [6.45, 7) is 1.90. The van der Waals surface area contributed by atoms with Crippen LogP contribution in [-0.4, -0.2) is 53.5 Å². The van der Waals surface area contributed by atoms with E-state index in [9.17, 15) is 9.59 Å². The number of urea groups is 1. The SMILES string of the molecule is CC1CN([C@H]2CC(N)[C@@H](CO)O2)C(=O)NC1=O. The maximum atomic E-state index is 11.6. The molecule has 7 heteroatoms. The predicted molar refractivity (Wildman–Crippen MR) is 57.7 cm³/mol. The summed E-state index contributed by atoms with van der Waals surface area (Å²) in [5.74, 6) is -0.534. The minimum atomic E-state index is -0.460. The number of rotatable bonds is 2. The van der Waals surface area contributed by atoms with E-state index in [-0.39, 0.29) is 24.5 Å². The first-order chi connectivity index (χ1) is 8.02. The van der Waals surface area contributed by atoms with Crippen LogP contribution >= 0.6 is 0 Å². The van der Waals surface area contributed by atoms with Crippen LogP contribution in [0, 0.1) is 5.92 Å². The third-order valence-corrected chi connectivity index (χ3v) is 3.22. The van der Waals surface area contributed by atoms with Crippen LogP contribution in [0.2, 0.25) is 0 Å². The second kappa shape index (κ2) is 4.59. The highest BCUT2D eigenvalue weighted by Gasteiger charge is 2.41. The lowest BCUT2D eigenvalue weighted by atomic mass is 10.1. The quantitative estimate of drug-likeness (QED) is 0.553. The zero-order valence-electron chi connectivity index (χ0n) is 9.63. The summed E-state index contributed by atoms with van der Waals surface area (Å²) in [6.07, 6.45) is -0.432. The molecule has 17 heavy (non-hydrogen) atoms. The minimum absolute atomic E-state index is 0.165. The van der Waals surface area contributed by atoms with Gasteiger partial charge in [0.05, 0.1) is 18.6 Å². The number of hydrogen-bond donors (Lipinski definition) is 3. The standard InChI is InChI=1S/C10H17N3O4/c1-5-3-13(10(16)12-9(5)15)8-2-6(11)7(4-14)17-8/h5-8,14H,2-4,11H2,1H3,(H,12,15,16)/t5?,6?,7-,8-/m1/s1. The van der Waals surface area contributed by atoms with Crippen LogP contribution < -0.4 is 11.1 Å². The molecule has 0 aromatic carbocycles. The van der Waals surface area contributed by atoms with E-state index in [4.69, 9.17) is 15.6 Å². The fourth-order valence-electron chi connectivity index (χ4n) is 2.13. The molecule has 0 aromatic rings. The first kappa shape index (κ1) is 12.3. The molecule has 0 aliphatic carbocycles. The Balaban J connectivity index is 2.03. The van der Waals surface area contributed by atoms with Gasteiger partial charge in [0.25, 0.3) is 0 Å². The Morgan fingerprint density at radius 1 is 1.59 bits per heavy atom. The van der Waals surface area contributed by atoms with Crippen LogP contribution in [0.1, 0.15) is 13.3 Å². The van der Waals surface area contributed by atoms with Gasteiger partial charge in [-0.2, -0.15) is 0 Å². The van der Waals surface area contributed by atoms with Crippen LogP contribution in [-0.2, 0) is 9.53 Å². The van der Waals surface area contributed by atoms with Gasteiger partial charge in [0, 0.05) is 19.0 Å². The molecule has 2 aliphatic rings. The molecule has 7 nitrogen and oxygen atoms in total. The molecule has 2 aliphatic heterocycles. The summed E-state index contributed by atoms with van der Waals surface area (Å²) in [7, 11) is 0. The Bertz CT molecular complexity index is 336. The highest BCUT2D eigenvalue weighted by atomic mass is 16.5. The molecule has 4 atom stereocenters. The summed E-state index contributed by atoms with van der Waals surface area (Å²) in [6, 6.07) is -0.741. The van der Waals surface area contributed by atoms with Gasteiger partial charge < -0.3 is 15.6 Å². The number of nitrogens with zero attached hydrogens (tertiary/aromatic N) is 1. The monoisotopic (exact) mass is 243 g/mol. The van der Waals surface area contributed by atoms with E-state index < -0.39 is 18.4 Å². The van der Waals surface area contributed by atoms with Crippen LogP contribution in [0.15, 0.2) is 0 Å². The zero-order chi connectivity index (χ0) is 12.6. The van der Waals surface area contributed by atoms with Gasteiger partial charge in [0.2, 0.25) is 5.91 Å². The molecule has 2 rings (SSSR count). The molecular weight excluding hydrogens is 226 g/mol. The fourth-order valence-corrected chi connectivity index (χ4v) is 2.13. The predicted octanol–water partition coefficient (Wildman–Crippen LogP) is -1.39. The van der Waals surface area contributed by atoms with Gasteiger partial charge >= 0.3 is 6.03 Å². The lowest BCUT2D eigenvalue weighted by Gasteiger charge is -2.34. The molecule has 2 fully saturated rings. The highest BCUT2D eigenvalue weighted by Crippen LogP contribution is 2.24.